The average Bonchev–Trinajstić information content (AvgIpc) is 2.42. The maximum absolute atomic E-state index is 11.5. The third-order valence-electron chi connectivity index (χ3n) is 2.69. The summed E-state index contributed by atoms with van der Waals surface area (Å²) < 4.78 is 6.81. The topological polar surface area (TPSA) is 70.1 Å². The lowest BCUT2D eigenvalue weighted by molar-refractivity contribution is 0.317. The lowest BCUT2D eigenvalue weighted by atomic mass is 10.1. The normalized spacial score (nSPS) is 10.4. The molecule has 0 aliphatic carbocycles. The molecule has 1 heterocycles. The quantitative estimate of drug-likeness (QED) is 0.909. The Labute approximate surface area is 111 Å². The number of ether oxygens (including phenoxy) is 1. The summed E-state index contributed by atoms with van der Waals surface area (Å²) in [5.41, 5.74) is 7.10. The number of aryl methyl sites for hydroxylation is 1. The number of nitrogen functional groups attached to an aromatic ring is 1. The van der Waals surface area contributed by atoms with Gasteiger partial charge < -0.3 is 10.5 Å². The highest BCUT2D eigenvalue weighted by molar-refractivity contribution is 5.63. The van der Waals surface area contributed by atoms with Crippen molar-refractivity contribution in [1.29, 1.82) is 0 Å². The summed E-state index contributed by atoms with van der Waals surface area (Å²) in [4.78, 5) is 11.5. The first kappa shape index (κ1) is 13.1. The van der Waals surface area contributed by atoms with Crippen molar-refractivity contribution in [3.8, 4) is 17.0 Å². The predicted molar refractivity (Wildman–Crippen MR) is 75.1 cm³/mol. The molecule has 0 fully saturated rings. The summed E-state index contributed by atoms with van der Waals surface area (Å²) in [5.74, 6) is 0.786. The van der Waals surface area contributed by atoms with Crippen LogP contribution in [0.1, 0.15) is 13.3 Å². The Morgan fingerprint density at radius 1 is 1.37 bits per heavy atom. The molecule has 2 aromatic rings. The van der Waals surface area contributed by atoms with Crippen LogP contribution in [-0.4, -0.2) is 16.4 Å². The molecule has 1 aromatic carbocycles. The average molecular weight is 259 g/mol. The third kappa shape index (κ3) is 2.93. The zero-order chi connectivity index (χ0) is 13.8. The van der Waals surface area contributed by atoms with Crippen LogP contribution < -0.4 is 16.0 Å². The van der Waals surface area contributed by atoms with Gasteiger partial charge in [-0.05, 0) is 24.6 Å². The van der Waals surface area contributed by atoms with Gasteiger partial charge in [-0.3, -0.25) is 4.79 Å². The van der Waals surface area contributed by atoms with Gasteiger partial charge in [0.15, 0.2) is 0 Å². The summed E-state index contributed by atoms with van der Waals surface area (Å²) in [6.45, 7) is 2.73. The van der Waals surface area contributed by atoms with Crippen LogP contribution in [-0.2, 0) is 7.05 Å². The van der Waals surface area contributed by atoms with E-state index in [2.05, 4.69) is 12.0 Å². The summed E-state index contributed by atoms with van der Waals surface area (Å²) in [6, 6.07) is 9.17. The molecular weight excluding hydrogens is 242 g/mol. The molecule has 0 atom stereocenters. The fourth-order valence-electron chi connectivity index (χ4n) is 1.74. The Hall–Kier alpha value is -2.30. The van der Waals surface area contributed by atoms with Crippen molar-refractivity contribution in [1.82, 2.24) is 9.78 Å². The smallest absolute Gasteiger partial charge is 0.289 e. The Bertz CT molecular complexity index is 609. The lowest BCUT2D eigenvalue weighted by Crippen LogP contribution is -2.22. The van der Waals surface area contributed by atoms with Crippen molar-refractivity contribution >= 4 is 5.69 Å². The number of hydrogen-bond donors (Lipinski definition) is 1. The fraction of sp³-hybridized carbons (Fsp3) is 0.286. The van der Waals surface area contributed by atoms with Gasteiger partial charge in [0.25, 0.3) is 5.56 Å². The highest BCUT2D eigenvalue weighted by Crippen LogP contribution is 2.22. The predicted octanol–water partition coefficient (Wildman–Crippen LogP) is 1.82. The molecule has 0 saturated carbocycles. The molecule has 0 amide bonds. The highest BCUT2D eigenvalue weighted by atomic mass is 16.5. The van der Waals surface area contributed by atoms with E-state index in [0.717, 1.165) is 17.7 Å². The van der Waals surface area contributed by atoms with Crippen molar-refractivity contribution in [2.24, 2.45) is 7.05 Å². The van der Waals surface area contributed by atoms with Gasteiger partial charge in [0.1, 0.15) is 11.4 Å². The Kier molecular flexibility index (Phi) is 3.85. The SMILES string of the molecule is CCCOc1cccc(-c2cc(N)c(=O)n(C)n2)c1. The summed E-state index contributed by atoms with van der Waals surface area (Å²) in [6.07, 6.45) is 0.954. The van der Waals surface area contributed by atoms with Crippen LogP contribution in [0.3, 0.4) is 0 Å². The standard InChI is InChI=1S/C14H17N3O2/c1-3-7-19-11-6-4-5-10(8-11)13-9-12(15)14(18)17(2)16-13/h4-6,8-9H,3,7,15H2,1-2H3. The van der Waals surface area contributed by atoms with Crippen molar-refractivity contribution < 1.29 is 4.74 Å². The molecule has 5 nitrogen and oxygen atoms in total. The number of anilines is 1. The fourth-order valence-corrected chi connectivity index (χ4v) is 1.74. The second-order valence-corrected chi connectivity index (χ2v) is 4.29. The van der Waals surface area contributed by atoms with E-state index in [1.807, 2.05) is 24.3 Å². The van der Waals surface area contributed by atoms with Gasteiger partial charge in [0, 0.05) is 12.6 Å². The van der Waals surface area contributed by atoms with Gasteiger partial charge in [-0.2, -0.15) is 5.10 Å². The monoisotopic (exact) mass is 259 g/mol. The first-order chi connectivity index (χ1) is 9.11. The largest absolute Gasteiger partial charge is 0.494 e. The third-order valence-corrected chi connectivity index (χ3v) is 2.69. The number of benzene rings is 1. The van der Waals surface area contributed by atoms with Gasteiger partial charge >= 0.3 is 0 Å². The minimum atomic E-state index is -0.290. The van der Waals surface area contributed by atoms with Crippen LogP contribution in [0.4, 0.5) is 5.69 Å². The molecule has 19 heavy (non-hydrogen) atoms. The van der Waals surface area contributed by atoms with E-state index < -0.39 is 0 Å². The van der Waals surface area contributed by atoms with Gasteiger partial charge in [-0.1, -0.05) is 19.1 Å². The van der Waals surface area contributed by atoms with Crippen molar-refractivity contribution in [3.63, 3.8) is 0 Å². The van der Waals surface area contributed by atoms with E-state index in [4.69, 9.17) is 10.5 Å². The minimum absolute atomic E-state index is 0.187. The maximum Gasteiger partial charge on any atom is 0.289 e. The zero-order valence-electron chi connectivity index (χ0n) is 11.1. The molecule has 0 saturated heterocycles. The molecule has 100 valence electrons. The number of rotatable bonds is 4. The molecule has 0 radical (unpaired) electrons. The first-order valence-electron chi connectivity index (χ1n) is 6.19. The van der Waals surface area contributed by atoms with E-state index in [-0.39, 0.29) is 11.2 Å². The molecule has 0 unspecified atom stereocenters. The highest BCUT2D eigenvalue weighted by Gasteiger charge is 2.06. The van der Waals surface area contributed by atoms with Crippen molar-refractivity contribution in [2.75, 3.05) is 12.3 Å². The molecule has 2 N–H and O–H groups in total. The first-order valence-corrected chi connectivity index (χ1v) is 6.19. The van der Waals surface area contributed by atoms with E-state index in [1.165, 1.54) is 4.68 Å². The summed E-state index contributed by atoms with van der Waals surface area (Å²) in [7, 11) is 1.58. The molecule has 0 spiro atoms. The molecule has 5 heteroatoms. The van der Waals surface area contributed by atoms with E-state index >= 15 is 0 Å². The van der Waals surface area contributed by atoms with Crippen LogP contribution in [0.2, 0.25) is 0 Å². The molecular formula is C14H17N3O2. The van der Waals surface area contributed by atoms with Crippen LogP contribution in [0.5, 0.6) is 5.75 Å². The minimum Gasteiger partial charge on any atom is -0.494 e. The second-order valence-electron chi connectivity index (χ2n) is 4.29. The number of nitrogens with two attached hydrogens (primary N) is 1. The molecule has 1 aromatic heterocycles. The van der Waals surface area contributed by atoms with Gasteiger partial charge in [0.05, 0.1) is 12.3 Å². The van der Waals surface area contributed by atoms with Crippen molar-refractivity contribution in [2.45, 2.75) is 13.3 Å². The Morgan fingerprint density at radius 2 is 2.16 bits per heavy atom. The second kappa shape index (κ2) is 5.56. The molecule has 0 bridgehead atoms. The van der Waals surface area contributed by atoms with E-state index in [1.54, 1.807) is 13.1 Å². The summed E-state index contributed by atoms with van der Waals surface area (Å²) in [5, 5.41) is 4.19. The van der Waals surface area contributed by atoms with Crippen LogP contribution in [0.25, 0.3) is 11.3 Å². The van der Waals surface area contributed by atoms with E-state index in [0.29, 0.717) is 12.3 Å². The van der Waals surface area contributed by atoms with Gasteiger partial charge in [0.2, 0.25) is 0 Å². The zero-order valence-corrected chi connectivity index (χ0v) is 11.1. The number of nitrogens with zero attached hydrogens (tertiary/aromatic N) is 2. The molecule has 2 rings (SSSR count). The maximum atomic E-state index is 11.5. The molecule has 0 aliphatic rings. The van der Waals surface area contributed by atoms with E-state index in [9.17, 15) is 4.79 Å². The van der Waals surface area contributed by atoms with Crippen LogP contribution >= 0.6 is 0 Å². The number of aromatic nitrogens is 2. The Morgan fingerprint density at radius 3 is 2.84 bits per heavy atom. The Balaban J connectivity index is 2.39. The summed E-state index contributed by atoms with van der Waals surface area (Å²) >= 11 is 0. The van der Waals surface area contributed by atoms with Gasteiger partial charge in [-0.25, -0.2) is 4.68 Å². The lowest BCUT2D eigenvalue weighted by Gasteiger charge is -2.08. The van der Waals surface area contributed by atoms with Crippen LogP contribution in [0.15, 0.2) is 35.1 Å². The molecule has 0 aliphatic heterocycles. The van der Waals surface area contributed by atoms with Gasteiger partial charge in [-0.15, -0.1) is 0 Å². The van der Waals surface area contributed by atoms with Crippen molar-refractivity contribution in [3.05, 3.63) is 40.7 Å². The number of hydrogen-bond acceptors (Lipinski definition) is 4. The van der Waals surface area contributed by atoms with Crippen LogP contribution in [0, 0.1) is 0 Å².